The summed E-state index contributed by atoms with van der Waals surface area (Å²) in [7, 11) is 0. The molecule has 1 unspecified atom stereocenters. The van der Waals surface area contributed by atoms with Crippen molar-refractivity contribution in [2.24, 2.45) is 5.73 Å². The van der Waals surface area contributed by atoms with Crippen LogP contribution in [0.3, 0.4) is 0 Å². The zero-order chi connectivity index (χ0) is 9.97. The van der Waals surface area contributed by atoms with Crippen molar-refractivity contribution in [3.8, 4) is 0 Å². The highest BCUT2D eigenvalue weighted by Gasteiger charge is 2.24. The van der Waals surface area contributed by atoms with Crippen molar-refractivity contribution in [1.82, 2.24) is 0 Å². The molecule has 0 bridgehead atoms. The van der Waals surface area contributed by atoms with Crippen LogP contribution in [0.25, 0.3) is 0 Å². The number of benzene rings is 1. The van der Waals surface area contributed by atoms with Crippen LogP contribution in [0.4, 0.5) is 0 Å². The van der Waals surface area contributed by atoms with Crippen LogP contribution in [-0.2, 0) is 0 Å². The molecule has 1 aliphatic carbocycles. The topological polar surface area (TPSA) is 46.2 Å². The average molecular weight is 209 g/mol. The fourth-order valence-corrected chi connectivity index (χ4v) is 2.60. The summed E-state index contributed by atoms with van der Waals surface area (Å²) < 4.78 is 0. The normalized spacial score (nSPS) is 18.1. The lowest BCUT2D eigenvalue weighted by Crippen LogP contribution is -2.15. The van der Waals surface area contributed by atoms with Crippen LogP contribution in [0.1, 0.15) is 24.4 Å². The first-order chi connectivity index (χ1) is 6.81. The number of hydrogen-bond acceptors (Lipinski definition) is 3. The molecule has 1 aliphatic rings. The van der Waals surface area contributed by atoms with E-state index in [1.807, 2.05) is 30.0 Å². The monoisotopic (exact) mass is 209 g/mol. The molecular formula is C11H15NOS. The number of nitrogens with two attached hydrogens (primary N) is 1. The van der Waals surface area contributed by atoms with Gasteiger partial charge >= 0.3 is 0 Å². The van der Waals surface area contributed by atoms with Crippen LogP contribution in [0.15, 0.2) is 29.2 Å². The summed E-state index contributed by atoms with van der Waals surface area (Å²) in [5.41, 5.74) is 6.90. The second kappa shape index (κ2) is 4.34. The van der Waals surface area contributed by atoms with E-state index in [0.29, 0.717) is 0 Å². The second-order valence-corrected chi connectivity index (χ2v) is 4.99. The van der Waals surface area contributed by atoms with Crippen LogP contribution in [-0.4, -0.2) is 17.0 Å². The number of rotatable bonds is 4. The van der Waals surface area contributed by atoms with Gasteiger partial charge in [-0.3, -0.25) is 0 Å². The van der Waals surface area contributed by atoms with Gasteiger partial charge in [-0.05, 0) is 24.5 Å². The highest BCUT2D eigenvalue weighted by Crippen LogP contribution is 2.41. The van der Waals surface area contributed by atoms with Crippen molar-refractivity contribution < 1.29 is 5.11 Å². The zero-order valence-corrected chi connectivity index (χ0v) is 8.83. The van der Waals surface area contributed by atoms with Gasteiger partial charge in [0.25, 0.3) is 0 Å². The van der Waals surface area contributed by atoms with Crippen LogP contribution >= 0.6 is 11.8 Å². The highest BCUT2D eigenvalue weighted by atomic mass is 32.2. The number of thioether (sulfide) groups is 1. The fourth-order valence-electron chi connectivity index (χ4n) is 1.36. The Kier molecular flexibility index (Phi) is 3.11. The van der Waals surface area contributed by atoms with Crippen molar-refractivity contribution >= 4 is 11.8 Å². The van der Waals surface area contributed by atoms with E-state index < -0.39 is 0 Å². The van der Waals surface area contributed by atoms with Crippen molar-refractivity contribution in [2.75, 3.05) is 6.61 Å². The average Bonchev–Trinajstić information content (AvgIpc) is 3.01. The van der Waals surface area contributed by atoms with Crippen LogP contribution < -0.4 is 5.73 Å². The molecule has 1 aromatic rings. The summed E-state index contributed by atoms with van der Waals surface area (Å²) in [6, 6.07) is 7.86. The van der Waals surface area contributed by atoms with E-state index in [1.54, 1.807) is 0 Å². The molecule has 0 aliphatic heterocycles. The maximum absolute atomic E-state index is 9.03. The minimum atomic E-state index is -0.238. The largest absolute Gasteiger partial charge is 0.394 e. The Balaban J connectivity index is 2.18. The van der Waals surface area contributed by atoms with Crippen LogP contribution in [0.2, 0.25) is 0 Å². The Bertz CT molecular complexity index is 312. The van der Waals surface area contributed by atoms with Crippen LogP contribution in [0, 0.1) is 0 Å². The van der Waals surface area contributed by atoms with E-state index in [-0.39, 0.29) is 12.6 Å². The smallest absolute Gasteiger partial charge is 0.0624 e. The molecule has 2 rings (SSSR count). The SMILES string of the molecule is NC(CO)c1ccccc1SC1CC1. The summed E-state index contributed by atoms with van der Waals surface area (Å²) >= 11 is 1.89. The summed E-state index contributed by atoms with van der Waals surface area (Å²) in [5.74, 6) is 0. The first kappa shape index (κ1) is 10.0. The van der Waals surface area contributed by atoms with Gasteiger partial charge in [-0.15, -0.1) is 11.8 Å². The predicted molar refractivity (Wildman–Crippen MR) is 59.3 cm³/mol. The molecule has 1 saturated carbocycles. The molecule has 0 radical (unpaired) electrons. The highest BCUT2D eigenvalue weighted by molar-refractivity contribution is 8.00. The van der Waals surface area contributed by atoms with Gasteiger partial charge in [-0.1, -0.05) is 18.2 Å². The molecule has 0 aromatic heterocycles. The molecule has 0 heterocycles. The van der Waals surface area contributed by atoms with Crippen molar-refractivity contribution in [3.05, 3.63) is 29.8 Å². The molecule has 1 fully saturated rings. The summed E-state index contributed by atoms with van der Waals surface area (Å²) in [4.78, 5) is 1.23. The molecule has 14 heavy (non-hydrogen) atoms. The third-order valence-electron chi connectivity index (χ3n) is 2.33. The second-order valence-electron chi connectivity index (χ2n) is 3.64. The van der Waals surface area contributed by atoms with Gasteiger partial charge in [0.15, 0.2) is 0 Å². The maximum Gasteiger partial charge on any atom is 0.0624 e. The standard InChI is InChI=1S/C11H15NOS/c12-10(7-13)9-3-1-2-4-11(9)14-8-5-6-8/h1-4,8,10,13H,5-7,12H2. The fraction of sp³-hybridized carbons (Fsp3) is 0.455. The molecule has 3 heteroatoms. The predicted octanol–water partition coefficient (Wildman–Crippen LogP) is 1.93. The number of hydrogen-bond donors (Lipinski definition) is 2. The third-order valence-corrected chi connectivity index (χ3v) is 3.76. The maximum atomic E-state index is 9.03. The Labute approximate surface area is 88.5 Å². The molecule has 1 atom stereocenters. The lowest BCUT2D eigenvalue weighted by Gasteiger charge is -2.13. The lowest BCUT2D eigenvalue weighted by molar-refractivity contribution is 0.267. The zero-order valence-electron chi connectivity index (χ0n) is 8.02. The molecule has 0 spiro atoms. The van der Waals surface area contributed by atoms with Gasteiger partial charge in [-0.2, -0.15) is 0 Å². The molecule has 2 nitrogen and oxygen atoms in total. The van der Waals surface area contributed by atoms with Crippen LogP contribution in [0.5, 0.6) is 0 Å². The summed E-state index contributed by atoms with van der Waals surface area (Å²) in [5, 5.41) is 9.81. The Morgan fingerprint density at radius 3 is 2.79 bits per heavy atom. The molecule has 76 valence electrons. The van der Waals surface area contributed by atoms with Gasteiger partial charge < -0.3 is 10.8 Å². The lowest BCUT2D eigenvalue weighted by atomic mass is 10.1. The molecule has 1 aromatic carbocycles. The molecule has 0 saturated heterocycles. The van der Waals surface area contributed by atoms with E-state index >= 15 is 0 Å². The number of aliphatic hydroxyl groups is 1. The Morgan fingerprint density at radius 2 is 2.14 bits per heavy atom. The third kappa shape index (κ3) is 2.29. The minimum absolute atomic E-state index is 0.0161. The van der Waals surface area contributed by atoms with Gasteiger partial charge in [-0.25, -0.2) is 0 Å². The van der Waals surface area contributed by atoms with Gasteiger partial charge in [0.1, 0.15) is 0 Å². The Hall–Kier alpha value is -0.510. The quantitative estimate of drug-likeness (QED) is 0.796. The van der Waals surface area contributed by atoms with E-state index in [2.05, 4.69) is 6.07 Å². The minimum Gasteiger partial charge on any atom is -0.394 e. The van der Waals surface area contributed by atoms with Gasteiger partial charge in [0.2, 0.25) is 0 Å². The van der Waals surface area contributed by atoms with Crippen molar-refractivity contribution in [3.63, 3.8) is 0 Å². The number of aliphatic hydroxyl groups excluding tert-OH is 1. The van der Waals surface area contributed by atoms with E-state index in [9.17, 15) is 0 Å². The molecule has 0 amide bonds. The van der Waals surface area contributed by atoms with E-state index in [0.717, 1.165) is 10.8 Å². The molecular weight excluding hydrogens is 194 g/mol. The first-order valence-electron chi connectivity index (χ1n) is 4.93. The van der Waals surface area contributed by atoms with Crippen molar-refractivity contribution in [1.29, 1.82) is 0 Å². The Morgan fingerprint density at radius 1 is 1.43 bits per heavy atom. The van der Waals surface area contributed by atoms with E-state index in [1.165, 1.54) is 17.7 Å². The van der Waals surface area contributed by atoms with Gasteiger partial charge in [0, 0.05) is 10.1 Å². The summed E-state index contributed by atoms with van der Waals surface area (Å²) in [6.45, 7) is 0.0161. The van der Waals surface area contributed by atoms with Gasteiger partial charge in [0.05, 0.1) is 12.6 Å². The van der Waals surface area contributed by atoms with Crippen molar-refractivity contribution in [2.45, 2.75) is 29.0 Å². The first-order valence-corrected chi connectivity index (χ1v) is 5.81. The summed E-state index contributed by atoms with van der Waals surface area (Å²) in [6.07, 6.45) is 2.63. The van der Waals surface area contributed by atoms with E-state index in [4.69, 9.17) is 10.8 Å². The molecule has 3 N–H and O–H groups in total.